The van der Waals surface area contributed by atoms with Gasteiger partial charge in [-0.25, -0.2) is 4.79 Å². The van der Waals surface area contributed by atoms with Crippen molar-refractivity contribution in [2.45, 2.75) is 70.4 Å². The summed E-state index contributed by atoms with van der Waals surface area (Å²) >= 11 is 0. The highest BCUT2D eigenvalue weighted by Gasteiger charge is 2.46. The molecule has 5 rings (SSSR count). The van der Waals surface area contributed by atoms with Gasteiger partial charge in [0.25, 0.3) is 5.91 Å². The second-order valence-corrected chi connectivity index (χ2v) is 11.4. The number of benzene rings is 3. The second-order valence-electron chi connectivity index (χ2n) is 11.4. The Kier molecular flexibility index (Phi) is 6.27. The van der Waals surface area contributed by atoms with Gasteiger partial charge in [0.05, 0.1) is 5.54 Å². The molecule has 2 amide bonds. The maximum atomic E-state index is 13.6. The first-order valence-electron chi connectivity index (χ1n) is 13.0. The number of piperidine rings is 1. The van der Waals surface area contributed by atoms with Crippen molar-refractivity contribution in [3.63, 3.8) is 0 Å². The van der Waals surface area contributed by atoms with E-state index in [1.807, 2.05) is 27.7 Å². The zero-order chi connectivity index (χ0) is 25.5. The lowest BCUT2D eigenvalue weighted by atomic mass is 9.87. The molecule has 3 aromatic rings. The first-order valence-corrected chi connectivity index (χ1v) is 13.0. The summed E-state index contributed by atoms with van der Waals surface area (Å²) in [5.74, 6) is 0.315. The van der Waals surface area contributed by atoms with Gasteiger partial charge >= 0.3 is 6.09 Å². The van der Waals surface area contributed by atoms with Crippen LogP contribution >= 0.6 is 0 Å². The van der Waals surface area contributed by atoms with Crippen LogP contribution in [0.1, 0.15) is 79.4 Å². The monoisotopic (exact) mass is 484 g/mol. The van der Waals surface area contributed by atoms with Gasteiger partial charge in [0.15, 0.2) is 0 Å². The first-order chi connectivity index (χ1) is 17.2. The molecule has 0 bridgehead atoms. The van der Waals surface area contributed by atoms with Crippen LogP contribution in [0.25, 0.3) is 10.8 Å². The Hall–Kier alpha value is -3.34. The van der Waals surface area contributed by atoms with Gasteiger partial charge in [-0.15, -0.1) is 0 Å². The van der Waals surface area contributed by atoms with Crippen molar-refractivity contribution in [1.82, 2.24) is 10.2 Å². The maximum Gasteiger partial charge on any atom is 0.410 e. The molecule has 2 fully saturated rings. The van der Waals surface area contributed by atoms with E-state index in [0.717, 1.165) is 36.8 Å². The Balaban J connectivity index is 1.30. The molecule has 1 aliphatic heterocycles. The summed E-state index contributed by atoms with van der Waals surface area (Å²) in [6, 6.07) is 21.0. The molecule has 1 saturated carbocycles. The fourth-order valence-corrected chi connectivity index (χ4v) is 5.37. The summed E-state index contributed by atoms with van der Waals surface area (Å²) in [6.07, 6.45) is 3.39. The van der Waals surface area contributed by atoms with E-state index in [9.17, 15) is 9.59 Å². The molecule has 1 N–H and O–H groups in total. The van der Waals surface area contributed by atoms with Crippen LogP contribution in [0, 0.1) is 6.92 Å². The fourth-order valence-electron chi connectivity index (χ4n) is 5.37. The van der Waals surface area contributed by atoms with Gasteiger partial charge in [-0.3, -0.25) is 4.79 Å². The third-order valence-corrected chi connectivity index (χ3v) is 7.53. The molecule has 2 aliphatic rings. The van der Waals surface area contributed by atoms with Crippen LogP contribution in [-0.4, -0.2) is 35.6 Å². The predicted octanol–water partition coefficient (Wildman–Crippen LogP) is 6.68. The zero-order valence-electron chi connectivity index (χ0n) is 21.8. The molecule has 36 heavy (non-hydrogen) atoms. The molecule has 0 unspecified atom stereocenters. The Morgan fingerprint density at radius 3 is 2.36 bits per heavy atom. The average Bonchev–Trinajstić information content (AvgIpc) is 3.63. The molecule has 188 valence electrons. The molecular formula is C31H36N2O3. The number of amides is 2. The van der Waals surface area contributed by atoms with Crippen LogP contribution in [-0.2, 0) is 10.3 Å². The quantitative estimate of drug-likeness (QED) is 0.449. The number of carbonyl (C=O) groups excluding carboxylic acids is 2. The topological polar surface area (TPSA) is 58.6 Å². The van der Waals surface area contributed by atoms with E-state index in [-0.39, 0.29) is 17.5 Å². The van der Waals surface area contributed by atoms with Crippen LogP contribution in [0.5, 0.6) is 0 Å². The van der Waals surface area contributed by atoms with Crippen molar-refractivity contribution >= 4 is 22.8 Å². The number of fused-ring (bicyclic) bond motifs is 1. The molecule has 3 aromatic carbocycles. The van der Waals surface area contributed by atoms with Crippen LogP contribution in [0.4, 0.5) is 4.79 Å². The molecule has 1 heterocycles. The van der Waals surface area contributed by atoms with Crippen molar-refractivity contribution in [3.8, 4) is 0 Å². The van der Waals surface area contributed by atoms with E-state index in [1.54, 1.807) is 4.90 Å². The number of hydrogen-bond donors (Lipinski definition) is 1. The van der Waals surface area contributed by atoms with E-state index >= 15 is 0 Å². The van der Waals surface area contributed by atoms with Gasteiger partial charge in [0.2, 0.25) is 0 Å². The highest BCUT2D eigenvalue weighted by Crippen LogP contribution is 2.48. The Morgan fingerprint density at radius 2 is 1.67 bits per heavy atom. The number of carbonyl (C=O) groups is 2. The van der Waals surface area contributed by atoms with E-state index in [4.69, 9.17) is 4.74 Å². The summed E-state index contributed by atoms with van der Waals surface area (Å²) in [5.41, 5.74) is 3.32. The second kappa shape index (κ2) is 9.27. The van der Waals surface area contributed by atoms with Crippen molar-refractivity contribution in [3.05, 3.63) is 82.9 Å². The number of rotatable bonds is 4. The molecule has 1 aliphatic carbocycles. The summed E-state index contributed by atoms with van der Waals surface area (Å²) in [4.78, 5) is 27.8. The standard InChI is InChI=1S/C31H36N2O3/c1-21-12-13-24(22-14-18-33(19-15-22)29(35)36-30(2,3)4)20-26(21)28(34)32-31(16-17-31)27-11-7-9-23-8-5-6-10-25(23)27/h5-13,20,22H,14-19H2,1-4H3,(H,32,34). The summed E-state index contributed by atoms with van der Waals surface area (Å²) in [6.45, 7) is 9.01. The smallest absolute Gasteiger partial charge is 0.410 e. The van der Waals surface area contributed by atoms with Crippen LogP contribution in [0.3, 0.4) is 0 Å². The molecule has 1 saturated heterocycles. The van der Waals surface area contributed by atoms with Crippen molar-refractivity contribution in [1.29, 1.82) is 0 Å². The lowest BCUT2D eigenvalue weighted by Crippen LogP contribution is -2.41. The van der Waals surface area contributed by atoms with Crippen molar-refractivity contribution < 1.29 is 14.3 Å². The molecule has 0 spiro atoms. The maximum absolute atomic E-state index is 13.6. The lowest BCUT2D eigenvalue weighted by Gasteiger charge is -2.33. The summed E-state index contributed by atoms with van der Waals surface area (Å²) < 4.78 is 5.53. The third-order valence-electron chi connectivity index (χ3n) is 7.53. The minimum atomic E-state index is -0.488. The first kappa shape index (κ1) is 24.4. The van der Waals surface area contributed by atoms with Gasteiger partial charge in [0, 0.05) is 18.7 Å². The van der Waals surface area contributed by atoms with Crippen molar-refractivity contribution in [2.75, 3.05) is 13.1 Å². The number of ether oxygens (including phenoxy) is 1. The number of aryl methyl sites for hydroxylation is 1. The highest BCUT2D eigenvalue weighted by atomic mass is 16.6. The van der Waals surface area contributed by atoms with Crippen LogP contribution < -0.4 is 5.32 Å². The normalized spacial score (nSPS) is 17.6. The SMILES string of the molecule is Cc1ccc(C2CCN(C(=O)OC(C)(C)C)CC2)cc1C(=O)NC1(c2cccc3ccccc23)CC1. The largest absolute Gasteiger partial charge is 0.444 e. The Bertz CT molecular complexity index is 1290. The van der Waals surface area contributed by atoms with Gasteiger partial charge in [0.1, 0.15) is 5.60 Å². The molecule has 5 nitrogen and oxygen atoms in total. The van der Waals surface area contributed by atoms with Gasteiger partial charge in [-0.1, -0.05) is 54.6 Å². The number of nitrogens with one attached hydrogen (secondary N) is 1. The fraction of sp³-hybridized carbons (Fsp3) is 0.419. The lowest BCUT2D eigenvalue weighted by molar-refractivity contribution is 0.0205. The molecule has 5 heteroatoms. The number of nitrogens with zero attached hydrogens (tertiary/aromatic N) is 1. The minimum absolute atomic E-state index is 0.00836. The van der Waals surface area contributed by atoms with Gasteiger partial charge in [-0.05, 0) is 92.8 Å². The highest BCUT2D eigenvalue weighted by molar-refractivity contribution is 5.97. The third kappa shape index (κ3) is 4.97. The van der Waals surface area contributed by atoms with Crippen LogP contribution in [0.2, 0.25) is 0 Å². The Morgan fingerprint density at radius 1 is 0.972 bits per heavy atom. The molecule has 0 aromatic heterocycles. The summed E-state index contributed by atoms with van der Waals surface area (Å²) in [7, 11) is 0. The Labute approximate surface area is 213 Å². The van der Waals surface area contributed by atoms with E-state index in [0.29, 0.717) is 19.0 Å². The van der Waals surface area contributed by atoms with E-state index < -0.39 is 5.60 Å². The molecule has 0 atom stereocenters. The molecule has 0 radical (unpaired) electrons. The van der Waals surface area contributed by atoms with Gasteiger partial charge < -0.3 is 15.0 Å². The van der Waals surface area contributed by atoms with Gasteiger partial charge in [-0.2, -0.15) is 0 Å². The average molecular weight is 485 g/mol. The zero-order valence-corrected chi connectivity index (χ0v) is 21.8. The van der Waals surface area contributed by atoms with E-state index in [1.165, 1.54) is 21.9 Å². The summed E-state index contributed by atoms with van der Waals surface area (Å²) in [5, 5.41) is 5.81. The van der Waals surface area contributed by atoms with Crippen molar-refractivity contribution in [2.24, 2.45) is 0 Å². The minimum Gasteiger partial charge on any atom is -0.444 e. The van der Waals surface area contributed by atoms with Crippen LogP contribution in [0.15, 0.2) is 60.7 Å². The van der Waals surface area contributed by atoms with E-state index in [2.05, 4.69) is 66.0 Å². The number of hydrogen-bond acceptors (Lipinski definition) is 3. The molecular weight excluding hydrogens is 448 g/mol. The number of likely N-dealkylation sites (tertiary alicyclic amines) is 1. The predicted molar refractivity (Wildman–Crippen MR) is 143 cm³/mol.